The molecule has 0 unspecified atom stereocenters. The molecule has 0 spiro atoms. The second-order valence-corrected chi connectivity index (χ2v) is 6.31. The van der Waals surface area contributed by atoms with Crippen LogP contribution in [0.1, 0.15) is 15.2 Å². The average Bonchev–Trinajstić information content (AvgIpc) is 2.84. The van der Waals surface area contributed by atoms with Gasteiger partial charge in [-0.25, -0.2) is 0 Å². The Morgan fingerprint density at radius 1 is 1.53 bits per heavy atom. The third kappa shape index (κ3) is 2.37. The summed E-state index contributed by atoms with van der Waals surface area (Å²) in [5.41, 5.74) is 0.718. The molecule has 2 heterocycles. The molecule has 78 valence electrons. The molecule has 0 fully saturated rings. The zero-order valence-corrected chi connectivity index (χ0v) is 11.5. The zero-order valence-electron chi connectivity index (χ0n) is 7.69. The second kappa shape index (κ2) is 4.58. The van der Waals surface area contributed by atoms with Crippen molar-refractivity contribution < 1.29 is 9.53 Å². The van der Waals surface area contributed by atoms with Gasteiger partial charge in [-0.05, 0) is 40.2 Å². The molecule has 0 N–H and O–H groups in total. The lowest BCUT2D eigenvalue weighted by Gasteiger charge is -1.90. The molecule has 0 aliphatic heterocycles. The van der Waals surface area contributed by atoms with E-state index in [1.165, 1.54) is 7.11 Å². The van der Waals surface area contributed by atoms with E-state index in [1.54, 1.807) is 17.4 Å². The van der Waals surface area contributed by atoms with Gasteiger partial charge in [0.15, 0.2) is 0 Å². The number of carbonyl (C=O) groups excluding carboxylic acids is 1. The summed E-state index contributed by atoms with van der Waals surface area (Å²) in [7, 11) is 1.54. The van der Waals surface area contributed by atoms with Gasteiger partial charge in [-0.2, -0.15) is 4.37 Å². The van der Waals surface area contributed by atoms with Crippen molar-refractivity contribution in [1.82, 2.24) is 4.37 Å². The lowest BCUT2D eigenvalue weighted by Crippen LogP contribution is -1.95. The quantitative estimate of drug-likeness (QED) is 0.630. The molecule has 0 bridgehead atoms. The van der Waals surface area contributed by atoms with Crippen molar-refractivity contribution in [2.75, 3.05) is 7.11 Å². The molecule has 0 atom stereocenters. The molecule has 0 saturated heterocycles. The van der Waals surface area contributed by atoms with Gasteiger partial charge < -0.3 is 4.74 Å². The van der Waals surface area contributed by atoms with E-state index in [4.69, 9.17) is 4.74 Å². The van der Waals surface area contributed by atoms with Crippen molar-refractivity contribution in [2.24, 2.45) is 0 Å². The summed E-state index contributed by atoms with van der Waals surface area (Å²) in [5.74, 6) is 0.503. The monoisotopic (exact) mass is 351 g/mol. The minimum atomic E-state index is 0.00923. The molecule has 3 nitrogen and oxygen atoms in total. The number of ether oxygens (including phenoxy) is 1. The van der Waals surface area contributed by atoms with E-state index in [9.17, 15) is 4.79 Å². The van der Waals surface area contributed by atoms with Gasteiger partial charge in [-0.1, -0.05) is 0 Å². The molecule has 2 aromatic rings. The van der Waals surface area contributed by atoms with Crippen LogP contribution < -0.4 is 4.74 Å². The van der Waals surface area contributed by atoms with Crippen LogP contribution in [0.2, 0.25) is 0 Å². The average molecular weight is 351 g/mol. The molecule has 15 heavy (non-hydrogen) atoms. The smallest absolute Gasteiger partial charge is 0.225 e. The van der Waals surface area contributed by atoms with E-state index in [1.807, 2.05) is 11.4 Å². The normalized spacial score (nSPS) is 10.3. The molecule has 2 rings (SSSR count). The standard InChI is InChI=1S/C9H6INO2S2/c1-13-8-3-6(15-11-8)9(12)5-2-7(10)14-4-5/h2-4H,1H3. The number of rotatable bonds is 3. The van der Waals surface area contributed by atoms with Gasteiger partial charge >= 0.3 is 0 Å². The molecule has 0 saturated carbocycles. The summed E-state index contributed by atoms with van der Waals surface area (Å²) in [6.45, 7) is 0. The molecule has 0 radical (unpaired) electrons. The van der Waals surface area contributed by atoms with Crippen LogP contribution >= 0.6 is 45.5 Å². The Bertz CT molecular complexity index is 492. The number of methoxy groups -OCH3 is 1. The fraction of sp³-hybridized carbons (Fsp3) is 0.111. The Balaban J connectivity index is 2.28. The highest BCUT2D eigenvalue weighted by Gasteiger charge is 2.14. The maximum atomic E-state index is 11.9. The number of hydrogen-bond acceptors (Lipinski definition) is 5. The Labute approximate surface area is 108 Å². The van der Waals surface area contributed by atoms with Crippen LogP contribution in [0.5, 0.6) is 5.88 Å². The first kappa shape index (κ1) is 11.0. The molecular formula is C9H6INO2S2. The van der Waals surface area contributed by atoms with Crippen LogP contribution in [0.4, 0.5) is 0 Å². The lowest BCUT2D eigenvalue weighted by molar-refractivity contribution is 0.104. The number of thiophene rings is 1. The zero-order chi connectivity index (χ0) is 10.8. The summed E-state index contributed by atoms with van der Waals surface area (Å²) in [6.07, 6.45) is 0. The minimum absolute atomic E-state index is 0.00923. The largest absolute Gasteiger partial charge is 0.480 e. The number of ketones is 1. The van der Waals surface area contributed by atoms with Gasteiger partial charge in [0.2, 0.25) is 11.7 Å². The van der Waals surface area contributed by atoms with E-state index in [2.05, 4.69) is 27.0 Å². The fourth-order valence-electron chi connectivity index (χ4n) is 1.03. The summed E-state index contributed by atoms with van der Waals surface area (Å²) < 4.78 is 10.0. The molecule has 0 aliphatic rings. The van der Waals surface area contributed by atoms with E-state index in [0.29, 0.717) is 10.8 Å². The van der Waals surface area contributed by atoms with Crippen molar-refractivity contribution in [3.8, 4) is 5.88 Å². The highest BCUT2D eigenvalue weighted by Crippen LogP contribution is 2.23. The SMILES string of the molecule is COc1cc(C(=O)c2csc(I)c2)sn1. The number of hydrogen-bond donors (Lipinski definition) is 0. The fourth-order valence-corrected chi connectivity index (χ4v) is 3.03. The molecular weight excluding hydrogens is 345 g/mol. The van der Waals surface area contributed by atoms with E-state index >= 15 is 0 Å². The summed E-state index contributed by atoms with van der Waals surface area (Å²) in [6, 6.07) is 3.54. The highest BCUT2D eigenvalue weighted by molar-refractivity contribution is 14.1. The highest BCUT2D eigenvalue weighted by atomic mass is 127. The predicted octanol–water partition coefficient (Wildman–Crippen LogP) is 3.05. The van der Waals surface area contributed by atoms with Crippen LogP contribution in [0.25, 0.3) is 0 Å². The van der Waals surface area contributed by atoms with Gasteiger partial charge in [-0.3, -0.25) is 4.79 Å². The van der Waals surface area contributed by atoms with E-state index in [0.717, 1.165) is 20.0 Å². The Morgan fingerprint density at radius 3 is 2.87 bits per heavy atom. The van der Waals surface area contributed by atoms with E-state index in [-0.39, 0.29) is 5.78 Å². The van der Waals surface area contributed by atoms with Crippen molar-refractivity contribution >= 4 is 51.2 Å². The molecule has 0 aliphatic carbocycles. The minimum Gasteiger partial charge on any atom is -0.480 e. The Morgan fingerprint density at radius 2 is 2.33 bits per heavy atom. The summed E-state index contributed by atoms with van der Waals surface area (Å²) in [5, 5.41) is 1.86. The Kier molecular flexibility index (Phi) is 3.37. The van der Waals surface area contributed by atoms with Crippen LogP contribution in [0, 0.1) is 2.88 Å². The number of carbonyl (C=O) groups is 1. The van der Waals surface area contributed by atoms with Crippen molar-refractivity contribution in [3.63, 3.8) is 0 Å². The molecule has 2 aromatic heterocycles. The van der Waals surface area contributed by atoms with Crippen LogP contribution in [-0.2, 0) is 0 Å². The van der Waals surface area contributed by atoms with Gasteiger partial charge in [0.1, 0.15) is 0 Å². The van der Waals surface area contributed by atoms with Gasteiger partial charge in [0, 0.05) is 17.0 Å². The molecule has 0 amide bonds. The van der Waals surface area contributed by atoms with Crippen LogP contribution in [0.3, 0.4) is 0 Å². The third-order valence-corrected chi connectivity index (χ3v) is 4.31. The summed E-state index contributed by atoms with van der Waals surface area (Å²) >= 11 is 4.92. The van der Waals surface area contributed by atoms with Crippen molar-refractivity contribution in [3.05, 3.63) is 30.8 Å². The summed E-state index contributed by atoms with van der Waals surface area (Å²) in [4.78, 5) is 12.5. The first-order valence-electron chi connectivity index (χ1n) is 4.00. The van der Waals surface area contributed by atoms with Gasteiger partial charge in [0.25, 0.3) is 0 Å². The lowest BCUT2D eigenvalue weighted by atomic mass is 10.2. The maximum absolute atomic E-state index is 11.9. The number of nitrogens with zero attached hydrogens (tertiary/aromatic N) is 1. The molecule has 6 heteroatoms. The van der Waals surface area contributed by atoms with Crippen LogP contribution in [-0.4, -0.2) is 17.3 Å². The topological polar surface area (TPSA) is 39.2 Å². The first-order valence-corrected chi connectivity index (χ1v) is 6.73. The number of halogens is 1. The van der Waals surface area contributed by atoms with Gasteiger partial charge in [0.05, 0.1) is 14.9 Å². The third-order valence-electron chi connectivity index (χ3n) is 1.75. The predicted molar refractivity (Wildman–Crippen MR) is 69.1 cm³/mol. The maximum Gasteiger partial charge on any atom is 0.225 e. The second-order valence-electron chi connectivity index (χ2n) is 2.70. The van der Waals surface area contributed by atoms with Crippen molar-refractivity contribution in [1.29, 1.82) is 0 Å². The molecule has 0 aromatic carbocycles. The van der Waals surface area contributed by atoms with Gasteiger partial charge in [-0.15, -0.1) is 11.3 Å². The van der Waals surface area contributed by atoms with Crippen molar-refractivity contribution in [2.45, 2.75) is 0 Å². The van der Waals surface area contributed by atoms with E-state index < -0.39 is 0 Å². The first-order chi connectivity index (χ1) is 7.20. The van der Waals surface area contributed by atoms with Crippen LogP contribution in [0.15, 0.2) is 17.5 Å². The Hall–Kier alpha value is -0.470. The number of aromatic nitrogens is 1.